The number of benzene rings is 1. The number of rotatable bonds is 5. The van der Waals surface area contributed by atoms with Crippen molar-refractivity contribution in [2.45, 2.75) is 45.2 Å². The van der Waals surface area contributed by atoms with Crippen LogP contribution in [-0.2, 0) is 9.53 Å². The molecule has 2 saturated heterocycles. The highest BCUT2D eigenvalue weighted by molar-refractivity contribution is 5.83. The van der Waals surface area contributed by atoms with E-state index in [2.05, 4.69) is 17.3 Å². The number of hydrogen-bond acceptors (Lipinski definition) is 4. The van der Waals surface area contributed by atoms with Crippen LogP contribution >= 0.6 is 0 Å². The van der Waals surface area contributed by atoms with Gasteiger partial charge in [-0.2, -0.15) is 0 Å². The van der Waals surface area contributed by atoms with Crippen LogP contribution in [0.4, 0.5) is 9.18 Å². The largest absolute Gasteiger partial charge is 0.467 e. The molecule has 1 spiro atoms. The fourth-order valence-corrected chi connectivity index (χ4v) is 4.89. The van der Waals surface area contributed by atoms with Crippen molar-refractivity contribution in [2.24, 2.45) is 11.3 Å². The van der Waals surface area contributed by atoms with Crippen LogP contribution < -0.4 is 5.32 Å². The van der Waals surface area contributed by atoms with E-state index in [9.17, 15) is 14.0 Å². The summed E-state index contributed by atoms with van der Waals surface area (Å²) < 4.78 is 18.2. The van der Waals surface area contributed by atoms with Crippen LogP contribution in [0.3, 0.4) is 0 Å². The third kappa shape index (κ3) is 4.25. The van der Waals surface area contributed by atoms with Crippen molar-refractivity contribution in [1.29, 1.82) is 0 Å². The lowest BCUT2D eigenvalue weighted by Crippen LogP contribution is -2.62. The zero-order valence-electron chi connectivity index (χ0n) is 17.8. The van der Waals surface area contributed by atoms with Crippen molar-refractivity contribution in [3.63, 3.8) is 0 Å². The summed E-state index contributed by atoms with van der Waals surface area (Å²) >= 11 is 0. The maximum absolute atomic E-state index is 13.3. The first-order valence-corrected chi connectivity index (χ1v) is 10.4. The van der Waals surface area contributed by atoms with E-state index in [0.717, 1.165) is 31.4 Å². The summed E-state index contributed by atoms with van der Waals surface area (Å²) in [5.74, 6) is -0.624. The molecule has 1 unspecified atom stereocenters. The molecule has 1 N–H and O–H groups in total. The highest BCUT2D eigenvalue weighted by atomic mass is 19.1. The van der Waals surface area contributed by atoms with E-state index in [4.69, 9.17) is 4.74 Å². The Bertz CT molecular complexity index is 731. The van der Waals surface area contributed by atoms with Gasteiger partial charge in [-0.05, 0) is 43.5 Å². The Hall–Kier alpha value is -2.15. The summed E-state index contributed by atoms with van der Waals surface area (Å²) in [6.45, 7) is 6.18. The Morgan fingerprint density at radius 3 is 2.41 bits per heavy atom. The number of nitrogens with one attached hydrogen (secondary N) is 1. The van der Waals surface area contributed by atoms with Gasteiger partial charge in [0.25, 0.3) is 0 Å². The Morgan fingerprint density at radius 1 is 1.28 bits per heavy atom. The summed E-state index contributed by atoms with van der Waals surface area (Å²) in [6, 6.07) is 6.17. The fraction of sp³-hybridized carbons (Fsp3) is 0.636. The van der Waals surface area contributed by atoms with Gasteiger partial charge in [0, 0.05) is 31.1 Å². The maximum atomic E-state index is 13.3. The molecule has 3 rings (SSSR count). The van der Waals surface area contributed by atoms with Crippen LogP contribution in [0.1, 0.15) is 44.7 Å². The zero-order valence-corrected chi connectivity index (χ0v) is 17.8. The monoisotopic (exact) mass is 405 g/mol. The summed E-state index contributed by atoms with van der Waals surface area (Å²) in [4.78, 5) is 28.9. The number of carbonyl (C=O) groups excluding carboxylic acids is 2. The van der Waals surface area contributed by atoms with Gasteiger partial charge in [0.2, 0.25) is 0 Å². The van der Waals surface area contributed by atoms with Crippen LogP contribution in [0, 0.1) is 17.2 Å². The lowest BCUT2D eigenvalue weighted by molar-refractivity contribution is -0.144. The predicted octanol–water partition coefficient (Wildman–Crippen LogP) is 3.19. The third-order valence-corrected chi connectivity index (χ3v) is 6.76. The molecule has 160 valence electrons. The molecule has 2 aliphatic rings. The van der Waals surface area contributed by atoms with Gasteiger partial charge in [0.1, 0.15) is 11.9 Å². The third-order valence-electron chi connectivity index (χ3n) is 6.76. The molecule has 6 nitrogen and oxygen atoms in total. The molecule has 2 aliphatic heterocycles. The average molecular weight is 406 g/mol. The zero-order chi connectivity index (χ0) is 21.2. The van der Waals surface area contributed by atoms with E-state index in [-0.39, 0.29) is 29.2 Å². The number of ether oxygens (including phenoxy) is 1. The molecule has 0 aliphatic carbocycles. The molecule has 2 heterocycles. The first kappa shape index (κ1) is 21.6. The molecular weight excluding hydrogens is 373 g/mol. The molecule has 7 heteroatoms. The Morgan fingerprint density at radius 2 is 1.90 bits per heavy atom. The number of piperidine rings is 1. The van der Waals surface area contributed by atoms with Crippen molar-refractivity contribution in [1.82, 2.24) is 15.1 Å². The number of methoxy groups -OCH3 is 1. The molecule has 0 aromatic heterocycles. The number of hydrogen-bond donors (Lipinski definition) is 1. The van der Waals surface area contributed by atoms with E-state index < -0.39 is 12.0 Å². The Balaban J connectivity index is 1.63. The minimum Gasteiger partial charge on any atom is -0.467 e. The van der Waals surface area contributed by atoms with Crippen molar-refractivity contribution in [2.75, 3.05) is 33.8 Å². The average Bonchev–Trinajstić information content (AvgIpc) is 2.72. The van der Waals surface area contributed by atoms with Gasteiger partial charge in [-0.1, -0.05) is 32.4 Å². The number of nitrogens with zero attached hydrogens (tertiary/aromatic N) is 2. The van der Waals surface area contributed by atoms with Gasteiger partial charge in [0.05, 0.1) is 7.11 Å². The maximum Gasteiger partial charge on any atom is 0.328 e. The lowest BCUT2D eigenvalue weighted by atomic mass is 9.63. The van der Waals surface area contributed by atoms with E-state index in [0.29, 0.717) is 13.1 Å². The minimum atomic E-state index is -0.629. The van der Waals surface area contributed by atoms with Gasteiger partial charge >= 0.3 is 12.0 Å². The van der Waals surface area contributed by atoms with Gasteiger partial charge < -0.3 is 15.0 Å². The van der Waals surface area contributed by atoms with Crippen LogP contribution in [0.25, 0.3) is 0 Å². The van der Waals surface area contributed by atoms with Gasteiger partial charge in [-0.15, -0.1) is 0 Å². The van der Waals surface area contributed by atoms with E-state index >= 15 is 0 Å². The molecular formula is C22H32FN3O3. The second kappa shape index (κ2) is 8.69. The van der Waals surface area contributed by atoms with Crippen molar-refractivity contribution < 1.29 is 18.7 Å². The standard InChI is InChI=1S/C22H32FN3O3/c1-5-15(2)18(20(27)29-4)24-21(28)26-12-10-22(11-13-26)14-25(3)19(22)16-6-8-17(23)9-7-16/h6-9,15,18-19H,5,10-14H2,1-4H3,(H,24,28)/t15-,18-,19?/m0/s1. The smallest absolute Gasteiger partial charge is 0.328 e. The predicted molar refractivity (Wildman–Crippen MR) is 109 cm³/mol. The number of likely N-dealkylation sites (tertiary alicyclic amines) is 2. The molecule has 0 saturated carbocycles. The van der Waals surface area contributed by atoms with Crippen molar-refractivity contribution >= 4 is 12.0 Å². The van der Waals surface area contributed by atoms with Gasteiger partial charge in [-0.25, -0.2) is 14.0 Å². The Kier molecular flexibility index (Phi) is 6.46. The molecule has 3 atom stereocenters. The minimum absolute atomic E-state index is 0.00525. The van der Waals surface area contributed by atoms with Gasteiger partial charge in [0.15, 0.2) is 0 Å². The molecule has 29 heavy (non-hydrogen) atoms. The quantitative estimate of drug-likeness (QED) is 0.765. The van der Waals surface area contributed by atoms with Gasteiger partial charge in [-0.3, -0.25) is 4.90 Å². The number of carbonyl (C=O) groups is 2. The highest BCUT2D eigenvalue weighted by Crippen LogP contribution is 2.54. The topological polar surface area (TPSA) is 61.9 Å². The van der Waals surface area contributed by atoms with Crippen LogP contribution in [-0.4, -0.2) is 61.6 Å². The van der Waals surface area contributed by atoms with E-state index in [1.165, 1.54) is 19.2 Å². The lowest BCUT2D eigenvalue weighted by Gasteiger charge is -2.59. The van der Waals surface area contributed by atoms with Crippen LogP contribution in [0.5, 0.6) is 0 Å². The first-order chi connectivity index (χ1) is 13.8. The molecule has 0 bridgehead atoms. The molecule has 1 aromatic carbocycles. The second-order valence-electron chi connectivity index (χ2n) is 8.55. The van der Waals surface area contributed by atoms with E-state index in [1.807, 2.05) is 26.0 Å². The molecule has 1 aromatic rings. The Labute approximate surface area is 172 Å². The first-order valence-electron chi connectivity index (χ1n) is 10.4. The summed E-state index contributed by atoms with van der Waals surface area (Å²) in [6.07, 6.45) is 2.55. The number of halogens is 1. The highest BCUT2D eigenvalue weighted by Gasteiger charge is 2.52. The summed E-state index contributed by atoms with van der Waals surface area (Å²) in [5, 5.41) is 2.87. The molecule has 2 fully saturated rings. The summed E-state index contributed by atoms with van der Waals surface area (Å²) in [5.41, 5.74) is 1.24. The van der Waals surface area contributed by atoms with E-state index in [1.54, 1.807) is 4.90 Å². The number of amides is 2. The number of urea groups is 1. The normalized spacial score (nSPS) is 23.2. The second-order valence-corrected chi connectivity index (χ2v) is 8.55. The number of esters is 1. The molecule has 0 radical (unpaired) electrons. The SMILES string of the molecule is CC[C@H](C)[C@H](NC(=O)N1CCC2(CC1)CN(C)C2c1ccc(F)cc1)C(=O)OC. The van der Waals surface area contributed by atoms with Crippen LogP contribution in [0.2, 0.25) is 0 Å². The summed E-state index contributed by atoms with van der Waals surface area (Å²) in [7, 11) is 3.43. The van der Waals surface area contributed by atoms with Crippen LogP contribution in [0.15, 0.2) is 24.3 Å². The molecule has 2 amide bonds. The van der Waals surface area contributed by atoms with Crippen molar-refractivity contribution in [3.05, 3.63) is 35.6 Å². The fourth-order valence-electron chi connectivity index (χ4n) is 4.89. The van der Waals surface area contributed by atoms with Crippen molar-refractivity contribution in [3.8, 4) is 0 Å².